The number of likely N-dealkylation sites (tertiary alicyclic amines) is 2. The average molecular weight is 1020 g/mol. The van der Waals surface area contributed by atoms with Crippen molar-refractivity contribution >= 4 is 56.5 Å². The van der Waals surface area contributed by atoms with Crippen LogP contribution in [-0.4, -0.2) is 128 Å². The van der Waals surface area contributed by atoms with Gasteiger partial charge in [-0.3, -0.25) is 19.5 Å². The number of pyridine rings is 1. The Kier molecular flexibility index (Phi) is 13.1. The van der Waals surface area contributed by atoms with Gasteiger partial charge < -0.3 is 39.7 Å². The minimum absolute atomic E-state index is 0.0401. The zero-order valence-electron chi connectivity index (χ0n) is 42.1. The topological polar surface area (TPSA) is 178 Å². The van der Waals surface area contributed by atoms with Crippen LogP contribution in [0.25, 0.3) is 43.4 Å². The summed E-state index contributed by atoms with van der Waals surface area (Å²) >= 11 is 1.61. The summed E-state index contributed by atoms with van der Waals surface area (Å²) in [5.74, 6) is 1.45. The van der Waals surface area contributed by atoms with E-state index in [1.807, 2.05) is 55.8 Å². The van der Waals surface area contributed by atoms with Gasteiger partial charge >= 0.3 is 6.01 Å². The number of hydrogen-bond donors (Lipinski definition) is 3. The fraction of sp³-hybridized carbons (Fsp3) is 0.446. The largest absolute Gasteiger partial charge is 0.508 e. The maximum atomic E-state index is 17.1. The maximum absolute atomic E-state index is 17.1. The van der Waals surface area contributed by atoms with Crippen LogP contribution in [0.1, 0.15) is 81.0 Å². The van der Waals surface area contributed by atoms with Gasteiger partial charge in [-0.1, -0.05) is 54.5 Å². The van der Waals surface area contributed by atoms with Gasteiger partial charge in [0.05, 0.1) is 33.9 Å². The lowest BCUT2D eigenvalue weighted by Gasteiger charge is -2.37. The van der Waals surface area contributed by atoms with Crippen molar-refractivity contribution in [3.63, 3.8) is 0 Å². The zero-order valence-corrected chi connectivity index (χ0v) is 42.9. The summed E-state index contributed by atoms with van der Waals surface area (Å²) in [7, 11) is 0. The number of carbonyl (C=O) groups is 2. The van der Waals surface area contributed by atoms with E-state index in [2.05, 4.69) is 54.5 Å². The number of carbonyl (C=O) groups excluding carboxylic acids is 2. The Balaban J connectivity index is 0.677. The van der Waals surface area contributed by atoms with E-state index in [-0.39, 0.29) is 53.3 Å². The highest BCUT2D eigenvalue weighted by Crippen LogP contribution is 2.40. The van der Waals surface area contributed by atoms with Gasteiger partial charge in [-0.05, 0) is 104 Å². The average Bonchev–Trinajstić information content (AvgIpc) is 4.28. The van der Waals surface area contributed by atoms with Crippen LogP contribution < -0.4 is 25.2 Å². The van der Waals surface area contributed by atoms with Crippen molar-refractivity contribution in [1.29, 1.82) is 0 Å². The molecule has 18 heteroatoms. The molecule has 5 aliphatic heterocycles. The number of amides is 2. The van der Waals surface area contributed by atoms with Gasteiger partial charge in [0.25, 0.3) is 0 Å². The van der Waals surface area contributed by atoms with Gasteiger partial charge in [-0.15, -0.1) is 11.3 Å². The van der Waals surface area contributed by atoms with E-state index in [0.29, 0.717) is 66.6 Å². The van der Waals surface area contributed by atoms with Crippen LogP contribution in [0.3, 0.4) is 0 Å². The minimum atomic E-state index is -0.572. The number of thiazole rings is 1. The molecule has 0 aliphatic carbocycles. The standard InChI is InChI=1S/C56H62FN11O5S/c1-4-34-7-5-8-37-23-41(69)24-43(49(34)37)51-50(57)52-44(27-58-51)54(66-29-39-14-15-40(30-66)61-39)63-56(62-52)72-22-21-65-19-17-45-38(28-65)16-20-67(45)47-25-42(73-64-47)26-48(70)68-18-6-9-46(68)55(71)60-32(2)35-10-12-36(13-11-35)53-33(3)59-31-74-53/h5,7-8,10-13,23-25,27,31-32,38-40,45-46,61,69H,4,6,9,14-22,26,28-30H2,1-3H3,(H,60,71). The number of anilines is 2. The van der Waals surface area contributed by atoms with Crippen molar-refractivity contribution in [2.75, 3.05) is 62.2 Å². The smallest absolute Gasteiger partial charge is 0.319 e. The zero-order chi connectivity index (χ0) is 50.6. The van der Waals surface area contributed by atoms with Crippen molar-refractivity contribution in [1.82, 2.24) is 45.5 Å². The van der Waals surface area contributed by atoms with E-state index >= 15 is 4.39 Å². The first-order valence-electron chi connectivity index (χ1n) is 26.3. The van der Waals surface area contributed by atoms with Gasteiger partial charge in [0, 0.05) is 81.8 Å². The number of benzene rings is 3. The highest BCUT2D eigenvalue weighted by Gasteiger charge is 2.41. The van der Waals surface area contributed by atoms with Gasteiger partial charge in [-0.2, -0.15) is 9.97 Å². The van der Waals surface area contributed by atoms with Crippen LogP contribution >= 0.6 is 11.3 Å². The molecule has 3 N–H and O–H groups in total. The Morgan fingerprint density at radius 2 is 1.82 bits per heavy atom. The van der Waals surface area contributed by atoms with Crippen molar-refractivity contribution < 1.29 is 28.3 Å². The van der Waals surface area contributed by atoms with E-state index in [4.69, 9.17) is 24.2 Å². The number of nitrogens with zero attached hydrogens (tertiary/aromatic N) is 9. The lowest BCUT2D eigenvalue weighted by molar-refractivity contribution is -0.138. The Labute approximate surface area is 433 Å². The summed E-state index contributed by atoms with van der Waals surface area (Å²) in [6.45, 7) is 11.6. The summed E-state index contributed by atoms with van der Waals surface area (Å²) in [6.07, 6.45) is 7.92. The molecule has 12 rings (SSSR count). The number of aryl methyl sites for hydroxylation is 2. The number of aromatic hydroxyl groups is 1. The summed E-state index contributed by atoms with van der Waals surface area (Å²) < 4.78 is 29.3. The summed E-state index contributed by atoms with van der Waals surface area (Å²) in [6, 6.07) is 19.6. The number of nitrogens with one attached hydrogen (secondary N) is 2. The van der Waals surface area contributed by atoms with Crippen molar-refractivity contribution in [3.8, 4) is 33.5 Å². The van der Waals surface area contributed by atoms with E-state index in [1.165, 1.54) is 0 Å². The van der Waals surface area contributed by atoms with Gasteiger partial charge in [-0.25, -0.2) is 9.37 Å². The quantitative estimate of drug-likeness (QED) is 0.0955. The molecular weight excluding hydrogens is 958 g/mol. The third-order valence-electron chi connectivity index (χ3n) is 16.2. The van der Waals surface area contributed by atoms with Crippen molar-refractivity contribution in [2.24, 2.45) is 5.92 Å². The molecule has 0 saturated carbocycles. The molecule has 384 valence electrons. The van der Waals surface area contributed by atoms with Gasteiger partial charge in [0.1, 0.15) is 41.2 Å². The fourth-order valence-corrected chi connectivity index (χ4v) is 13.3. The number of hydrogen-bond acceptors (Lipinski definition) is 15. The number of piperazine rings is 1. The second kappa shape index (κ2) is 20.2. The van der Waals surface area contributed by atoms with Crippen molar-refractivity contribution in [3.05, 3.63) is 101 Å². The normalized spacial score (nSPS) is 22.2. The molecule has 74 heavy (non-hydrogen) atoms. The Morgan fingerprint density at radius 1 is 0.986 bits per heavy atom. The first kappa shape index (κ1) is 48.2. The van der Waals surface area contributed by atoms with Crippen LogP contribution in [-0.2, 0) is 22.4 Å². The number of aromatic nitrogens is 5. The second-order valence-electron chi connectivity index (χ2n) is 20.9. The Bertz CT molecular complexity index is 3230. The van der Waals surface area contributed by atoms with Gasteiger partial charge in [0.15, 0.2) is 11.6 Å². The number of piperidine rings is 1. The van der Waals surface area contributed by atoms with Crippen LogP contribution in [0.15, 0.2) is 76.9 Å². The van der Waals surface area contributed by atoms with Crippen LogP contribution in [0.5, 0.6) is 11.8 Å². The summed E-state index contributed by atoms with van der Waals surface area (Å²) in [5.41, 5.74) is 6.78. The van der Waals surface area contributed by atoms with Crippen LogP contribution in [0.4, 0.5) is 16.0 Å². The Morgan fingerprint density at radius 3 is 2.62 bits per heavy atom. The summed E-state index contributed by atoms with van der Waals surface area (Å²) in [5, 5.41) is 24.3. The third-order valence-corrected chi connectivity index (χ3v) is 17.2. The molecule has 9 heterocycles. The number of ether oxygens (including phenoxy) is 1. The predicted molar refractivity (Wildman–Crippen MR) is 283 cm³/mol. The molecule has 5 aliphatic rings. The lowest BCUT2D eigenvalue weighted by Crippen LogP contribution is -2.51. The minimum Gasteiger partial charge on any atom is -0.508 e. The lowest BCUT2D eigenvalue weighted by atomic mass is 9.93. The molecular formula is C56H62FN11O5S. The molecule has 5 fully saturated rings. The van der Waals surface area contributed by atoms with E-state index in [1.54, 1.807) is 34.6 Å². The molecule has 0 radical (unpaired) electrons. The molecule has 5 saturated heterocycles. The number of phenolic OH excluding ortho intramolecular Hbond substituents is 1. The SMILES string of the molecule is CCc1cccc2cc(O)cc(-c3ncc4c(N5CC6CCC(C5)N6)nc(OCCN5CCC6C(CCN6c6cc(CC(=O)N7CCCC7C(=O)NC(C)c7ccc(-c8scnc8C)cc7)on6)C5)nc4c3F)c12. The molecule has 6 unspecified atom stereocenters. The number of fused-ring (bicyclic) bond motifs is 5. The molecule has 0 spiro atoms. The number of rotatable bonds is 14. The molecule has 2 amide bonds. The monoisotopic (exact) mass is 1020 g/mol. The first-order valence-corrected chi connectivity index (χ1v) is 27.2. The summed E-state index contributed by atoms with van der Waals surface area (Å²) in [4.78, 5) is 55.9. The highest BCUT2D eigenvalue weighted by molar-refractivity contribution is 7.13. The van der Waals surface area contributed by atoms with Gasteiger partial charge in [0.2, 0.25) is 11.8 Å². The van der Waals surface area contributed by atoms with Crippen molar-refractivity contribution in [2.45, 2.75) is 102 Å². The number of phenols is 1. The van der Waals surface area contributed by atoms with Crippen LogP contribution in [0, 0.1) is 18.7 Å². The van der Waals surface area contributed by atoms with Crippen LogP contribution in [0.2, 0.25) is 0 Å². The first-order chi connectivity index (χ1) is 36.0. The van der Waals surface area contributed by atoms with E-state index in [9.17, 15) is 14.7 Å². The second-order valence-corrected chi connectivity index (χ2v) is 21.7. The highest BCUT2D eigenvalue weighted by atomic mass is 32.1. The van der Waals surface area contributed by atoms with E-state index < -0.39 is 11.9 Å². The van der Waals surface area contributed by atoms with E-state index in [0.717, 1.165) is 115 Å². The molecule has 16 nitrogen and oxygen atoms in total. The fourth-order valence-electron chi connectivity index (χ4n) is 12.5. The maximum Gasteiger partial charge on any atom is 0.319 e. The predicted octanol–water partition coefficient (Wildman–Crippen LogP) is 8.00. The molecule has 6 atom stereocenters. The number of halogens is 1. The Hall–Kier alpha value is -6.76. The molecule has 2 bridgehead atoms. The molecule has 4 aromatic heterocycles. The third kappa shape index (κ3) is 9.29. The molecule has 3 aromatic carbocycles. The molecule has 7 aromatic rings.